The first-order chi connectivity index (χ1) is 14.7. The third kappa shape index (κ3) is 4.59. The number of aliphatic hydroxyl groups is 1. The van der Waals surface area contributed by atoms with E-state index in [9.17, 15) is 23.1 Å². The van der Waals surface area contributed by atoms with Crippen molar-refractivity contribution in [3.8, 4) is 22.9 Å². The molecule has 1 aliphatic rings. The molecule has 160 valence electrons. The maximum Gasteiger partial charge on any atom is 0.417 e. The number of nitrogens with one attached hydrogen (secondary N) is 1. The van der Waals surface area contributed by atoms with Crippen LogP contribution >= 0.6 is 0 Å². The number of nitriles is 1. The van der Waals surface area contributed by atoms with Gasteiger partial charge in [0.25, 0.3) is 0 Å². The lowest BCUT2D eigenvalue weighted by atomic mass is 10.1. The molecule has 0 aliphatic heterocycles. The summed E-state index contributed by atoms with van der Waals surface area (Å²) < 4.78 is 44.5. The molecule has 4 rings (SSSR count). The minimum atomic E-state index is -4.82. The summed E-state index contributed by atoms with van der Waals surface area (Å²) >= 11 is 0. The van der Waals surface area contributed by atoms with Crippen molar-refractivity contribution in [3.63, 3.8) is 0 Å². The molecule has 1 fully saturated rings. The Morgan fingerprint density at radius 3 is 2.84 bits per heavy atom. The molecule has 0 spiro atoms. The number of aliphatic hydroxyl groups excluding tert-OH is 1. The van der Waals surface area contributed by atoms with Gasteiger partial charge in [0.05, 0.1) is 11.7 Å². The summed E-state index contributed by atoms with van der Waals surface area (Å²) in [4.78, 5) is 15.8. The van der Waals surface area contributed by atoms with Crippen molar-refractivity contribution in [1.82, 2.24) is 14.6 Å². The topological polar surface area (TPSA) is 113 Å². The Balaban J connectivity index is 1.63. The highest BCUT2D eigenvalue weighted by molar-refractivity contribution is 5.93. The van der Waals surface area contributed by atoms with Gasteiger partial charge < -0.3 is 15.2 Å². The zero-order valence-corrected chi connectivity index (χ0v) is 15.9. The summed E-state index contributed by atoms with van der Waals surface area (Å²) in [5.41, 5.74) is 1.51. The molecule has 1 amide bonds. The average molecular weight is 431 g/mol. The van der Waals surface area contributed by atoms with Crippen LogP contribution in [0.2, 0.25) is 0 Å². The predicted molar refractivity (Wildman–Crippen MR) is 102 cm³/mol. The van der Waals surface area contributed by atoms with Gasteiger partial charge in [-0.2, -0.15) is 23.5 Å². The first kappa shape index (κ1) is 20.6. The number of hydrogen-bond acceptors (Lipinski definition) is 6. The summed E-state index contributed by atoms with van der Waals surface area (Å²) in [6, 6.07) is 8.23. The minimum absolute atomic E-state index is 0.0200. The third-order valence-corrected chi connectivity index (χ3v) is 4.73. The van der Waals surface area contributed by atoms with Gasteiger partial charge in [0.1, 0.15) is 24.1 Å². The first-order valence-corrected chi connectivity index (χ1v) is 9.33. The third-order valence-electron chi connectivity index (χ3n) is 4.73. The van der Waals surface area contributed by atoms with Crippen LogP contribution in [0.4, 0.5) is 19.0 Å². The number of carbonyl (C=O) groups excluding carboxylic acids is 1. The van der Waals surface area contributed by atoms with Crippen molar-refractivity contribution in [2.45, 2.75) is 25.1 Å². The van der Waals surface area contributed by atoms with Gasteiger partial charge in [0.15, 0.2) is 11.9 Å². The molecule has 1 unspecified atom stereocenters. The molecule has 11 heteroatoms. The Kier molecular flexibility index (Phi) is 5.24. The van der Waals surface area contributed by atoms with E-state index in [1.54, 1.807) is 24.4 Å². The standard InChI is InChI=1S/C20H16F3N5O3/c21-20(22,23)17(29)10-31-16-9-25-13(8-24)6-15(16)12-3-4-28-14(5-12)7-18(27-28)26-19(30)11-1-2-11/h3-7,9,11,17,29H,1-2,10H2,(H,26,27,30). The number of halogens is 3. The van der Waals surface area contributed by atoms with E-state index in [1.807, 2.05) is 6.07 Å². The van der Waals surface area contributed by atoms with Crippen molar-refractivity contribution < 1.29 is 27.8 Å². The molecule has 0 aromatic carbocycles. The summed E-state index contributed by atoms with van der Waals surface area (Å²) in [7, 11) is 0. The van der Waals surface area contributed by atoms with Crippen LogP contribution in [0.15, 0.2) is 36.7 Å². The van der Waals surface area contributed by atoms with Crippen molar-refractivity contribution in [3.05, 3.63) is 42.4 Å². The second-order valence-corrected chi connectivity index (χ2v) is 7.12. The normalized spacial score (nSPS) is 14.8. The van der Waals surface area contributed by atoms with Crippen LogP contribution in [0.1, 0.15) is 18.5 Å². The number of alkyl halides is 3. The number of pyridine rings is 2. The number of fused-ring (bicyclic) bond motifs is 1. The van der Waals surface area contributed by atoms with Gasteiger partial charge in [0, 0.05) is 23.7 Å². The van der Waals surface area contributed by atoms with Crippen molar-refractivity contribution in [2.24, 2.45) is 5.92 Å². The van der Waals surface area contributed by atoms with Gasteiger partial charge >= 0.3 is 6.18 Å². The number of anilines is 1. The van der Waals surface area contributed by atoms with Crippen LogP contribution in [0.5, 0.6) is 5.75 Å². The molecule has 31 heavy (non-hydrogen) atoms. The molecule has 3 heterocycles. The molecule has 0 saturated heterocycles. The lowest BCUT2D eigenvalue weighted by Gasteiger charge is -2.17. The maximum absolute atomic E-state index is 12.6. The highest BCUT2D eigenvalue weighted by Gasteiger charge is 2.39. The fraction of sp³-hybridized carbons (Fsp3) is 0.300. The smallest absolute Gasteiger partial charge is 0.417 e. The molecule has 1 aliphatic carbocycles. The van der Waals surface area contributed by atoms with Crippen LogP contribution in [-0.2, 0) is 4.79 Å². The number of amides is 1. The van der Waals surface area contributed by atoms with Crippen LogP contribution < -0.4 is 10.1 Å². The SMILES string of the molecule is N#Cc1cc(-c2ccn3nc(NC(=O)C4CC4)cc3c2)c(OCC(O)C(F)(F)F)cn1. The fourth-order valence-electron chi connectivity index (χ4n) is 2.90. The number of carbonyl (C=O) groups is 1. The largest absolute Gasteiger partial charge is 0.488 e. The Hall–Kier alpha value is -3.65. The molecule has 3 aromatic rings. The lowest BCUT2D eigenvalue weighted by Crippen LogP contribution is -2.34. The van der Waals surface area contributed by atoms with E-state index in [0.29, 0.717) is 22.5 Å². The highest BCUT2D eigenvalue weighted by Crippen LogP contribution is 2.33. The van der Waals surface area contributed by atoms with Gasteiger partial charge in [-0.3, -0.25) is 4.79 Å². The van der Waals surface area contributed by atoms with E-state index in [4.69, 9.17) is 10.00 Å². The fourth-order valence-corrected chi connectivity index (χ4v) is 2.90. The molecule has 1 saturated carbocycles. The summed E-state index contributed by atoms with van der Waals surface area (Å²) in [6.45, 7) is -1.02. The van der Waals surface area contributed by atoms with Gasteiger partial charge in [-0.1, -0.05) is 0 Å². The van der Waals surface area contributed by atoms with Gasteiger partial charge in [0.2, 0.25) is 5.91 Å². The molecular formula is C20H16F3N5O3. The van der Waals surface area contributed by atoms with Gasteiger partial charge in [-0.15, -0.1) is 0 Å². The molecule has 0 bridgehead atoms. The average Bonchev–Trinajstić information content (AvgIpc) is 3.51. The minimum Gasteiger partial charge on any atom is -0.488 e. The zero-order chi connectivity index (χ0) is 22.2. The van der Waals surface area contributed by atoms with Gasteiger partial charge in [-0.25, -0.2) is 9.50 Å². The van der Waals surface area contributed by atoms with E-state index >= 15 is 0 Å². The van der Waals surface area contributed by atoms with Gasteiger partial charge in [-0.05, 0) is 36.6 Å². The summed E-state index contributed by atoms with van der Waals surface area (Å²) in [5, 5.41) is 25.4. The molecule has 8 nitrogen and oxygen atoms in total. The van der Waals surface area contributed by atoms with Crippen LogP contribution in [-0.4, -0.2) is 44.5 Å². The first-order valence-electron chi connectivity index (χ1n) is 9.33. The number of nitrogens with zero attached hydrogens (tertiary/aromatic N) is 4. The van der Waals surface area contributed by atoms with Crippen LogP contribution in [0.25, 0.3) is 16.6 Å². The summed E-state index contributed by atoms with van der Waals surface area (Å²) in [6.07, 6.45) is -3.02. The second kappa shape index (κ2) is 7.88. The van der Waals surface area contributed by atoms with Crippen LogP contribution in [0.3, 0.4) is 0 Å². The summed E-state index contributed by atoms with van der Waals surface area (Å²) in [5.74, 6) is 0.295. The molecule has 1 atom stereocenters. The maximum atomic E-state index is 12.6. The molecular weight excluding hydrogens is 415 g/mol. The second-order valence-electron chi connectivity index (χ2n) is 7.12. The van der Waals surface area contributed by atoms with E-state index < -0.39 is 18.9 Å². The Morgan fingerprint density at radius 1 is 1.39 bits per heavy atom. The monoisotopic (exact) mass is 431 g/mol. The number of ether oxygens (including phenoxy) is 1. The van der Waals surface area contributed by atoms with Crippen LogP contribution in [0, 0.1) is 17.2 Å². The highest BCUT2D eigenvalue weighted by atomic mass is 19.4. The number of hydrogen-bond donors (Lipinski definition) is 2. The molecule has 3 aromatic heterocycles. The Morgan fingerprint density at radius 2 is 2.16 bits per heavy atom. The van der Waals surface area contributed by atoms with Crippen molar-refractivity contribution in [1.29, 1.82) is 5.26 Å². The quantitative estimate of drug-likeness (QED) is 0.621. The lowest BCUT2D eigenvalue weighted by molar-refractivity contribution is -0.210. The van der Waals surface area contributed by atoms with E-state index in [1.165, 1.54) is 10.6 Å². The van der Waals surface area contributed by atoms with E-state index in [2.05, 4.69) is 15.4 Å². The Bertz CT molecular complexity index is 1180. The predicted octanol–water partition coefficient (Wildman–Crippen LogP) is 2.92. The molecule has 0 radical (unpaired) electrons. The van der Waals surface area contributed by atoms with Crippen molar-refractivity contribution in [2.75, 3.05) is 11.9 Å². The number of rotatable bonds is 6. The van der Waals surface area contributed by atoms with E-state index in [-0.39, 0.29) is 23.3 Å². The zero-order valence-electron chi connectivity index (χ0n) is 15.9. The van der Waals surface area contributed by atoms with Crippen molar-refractivity contribution >= 4 is 17.2 Å². The Labute approximate surface area is 173 Å². The molecule has 2 N–H and O–H groups in total. The van der Waals surface area contributed by atoms with E-state index in [0.717, 1.165) is 19.0 Å². The number of aromatic nitrogens is 3.